The zero-order valence-electron chi connectivity index (χ0n) is 12.4. The third kappa shape index (κ3) is 2.83. The van der Waals surface area contributed by atoms with Gasteiger partial charge in [0.1, 0.15) is 17.4 Å². The second kappa shape index (κ2) is 5.97. The summed E-state index contributed by atoms with van der Waals surface area (Å²) in [4.78, 5) is 8.86. The summed E-state index contributed by atoms with van der Waals surface area (Å²) in [7, 11) is 1.51. The maximum atomic E-state index is 14.0. The molecule has 0 radical (unpaired) electrons. The number of hydrogen-bond acceptors (Lipinski definition) is 4. The molecule has 1 heterocycles. The number of halogens is 1. The third-order valence-electron chi connectivity index (χ3n) is 3.42. The number of hydrogen-bond donors (Lipinski definition) is 1. The van der Waals surface area contributed by atoms with Gasteiger partial charge < -0.3 is 10.1 Å². The Hall–Kier alpha value is -2.69. The van der Waals surface area contributed by atoms with E-state index in [0.717, 1.165) is 16.6 Å². The van der Waals surface area contributed by atoms with Gasteiger partial charge in [-0.25, -0.2) is 14.4 Å². The molecule has 3 rings (SSSR count). The predicted octanol–water partition coefficient (Wildman–Crippen LogP) is 3.70. The van der Waals surface area contributed by atoms with Crippen LogP contribution in [-0.4, -0.2) is 17.1 Å². The van der Waals surface area contributed by atoms with Crippen molar-refractivity contribution in [1.29, 1.82) is 0 Å². The standard InChI is InChI=1S/C17H16FN3O/c1-11-20-15-6-4-3-5-13(15)17(21-11)10-19-16-8-7-12(22-2)9-14(16)18/h3-9,19H,10H2,1-2H3. The van der Waals surface area contributed by atoms with Crippen LogP contribution in [0.3, 0.4) is 0 Å². The van der Waals surface area contributed by atoms with Crippen LogP contribution in [0.4, 0.5) is 10.1 Å². The number of aryl methyl sites for hydroxylation is 1. The van der Waals surface area contributed by atoms with Crippen LogP contribution in [0, 0.1) is 12.7 Å². The molecular formula is C17H16FN3O. The van der Waals surface area contributed by atoms with Crippen molar-refractivity contribution in [2.45, 2.75) is 13.5 Å². The number of fused-ring (bicyclic) bond motifs is 1. The van der Waals surface area contributed by atoms with Gasteiger partial charge in [-0.05, 0) is 25.1 Å². The molecule has 5 heteroatoms. The normalized spacial score (nSPS) is 10.7. The highest BCUT2D eigenvalue weighted by molar-refractivity contribution is 5.81. The average molecular weight is 297 g/mol. The lowest BCUT2D eigenvalue weighted by atomic mass is 10.2. The van der Waals surface area contributed by atoms with E-state index in [1.165, 1.54) is 13.2 Å². The van der Waals surface area contributed by atoms with E-state index in [1.54, 1.807) is 12.1 Å². The number of para-hydroxylation sites is 1. The van der Waals surface area contributed by atoms with E-state index in [-0.39, 0.29) is 5.82 Å². The SMILES string of the molecule is COc1ccc(NCc2nc(C)nc3ccccc23)c(F)c1. The predicted molar refractivity (Wildman–Crippen MR) is 84.6 cm³/mol. The Morgan fingerprint density at radius 1 is 1.14 bits per heavy atom. The number of anilines is 1. The molecule has 0 aliphatic rings. The fourth-order valence-corrected chi connectivity index (χ4v) is 2.35. The monoisotopic (exact) mass is 297 g/mol. The largest absolute Gasteiger partial charge is 0.497 e. The fraction of sp³-hybridized carbons (Fsp3) is 0.176. The third-order valence-corrected chi connectivity index (χ3v) is 3.42. The van der Waals surface area contributed by atoms with Crippen molar-refractivity contribution >= 4 is 16.6 Å². The summed E-state index contributed by atoms with van der Waals surface area (Å²) in [5, 5.41) is 4.05. The van der Waals surface area contributed by atoms with E-state index < -0.39 is 0 Å². The van der Waals surface area contributed by atoms with Crippen molar-refractivity contribution in [1.82, 2.24) is 9.97 Å². The van der Waals surface area contributed by atoms with Crippen LogP contribution >= 0.6 is 0 Å². The summed E-state index contributed by atoms with van der Waals surface area (Å²) in [5.41, 5.74) is 2.15. The number of benzene rings is 2. The molecule has 3 aromatic rings. The molecule has 1 aromatic heterocycles. The molecule has 22 heavy (non-hydrogen) atoms. The van der Waals surface area contributed by atoms with Crippen LogP contribution in [0.5, 0.6) is 5.75 Å². The molecule has 0 saturated heterocycles. The van der Waals surface area contributed by atoms with Crippen molar-refractivity contribution < 1.29 is 9.13 Å². The van der Waals surface area contributed by atoms with Crippen LogP contribution in [0.15, 0.2) is 42.5 Å². The summed E-state index contributed by atoms with van der Waals surface area (Å²) in [6.07, 6.45) is 0. The summed E-state index contributed by atoms with van der Waals surface area (Å²) in [6.45, 7) is 2.27. The van der Waals surface area contributed by atoms with E-state index in [9.17, 15) is 4.39 Å². The lowest BCUT2D eigenvalue weighted by Crippen LogP contribution is -2.06. The Kier molecular flexibility index (Phi) is 3.87. The van der Waals surface area contributed by atoms with Crippen LogP contribution < -0.4 is 10.1 Å². The second-order valence-corrected chi connectivity index (χ2v) is 4.93. The molecule has 0 aliphatic heterocycles. The van der Waals surface area contributed by atoms with Gasteiger partial charge in [-0.2, -0.15) is 0 Å². The summed E-state index contributed by atoms with van der Waals surface area (Å²) < 4.78 is 19.0. The molecule has 0 spiro atoms. The molecule has 0 saturated carbocycles. The minimum absolute atomic E-state index is 0.352. The molecule has 0 unspecified atom stereocenters. The van der Waals surface area contributed by atoms with Gasteiger partial charge in [0, 0.05) is 11.5 Å². The van der Waals surface area contributed by atoms with Gasteiger partial charge in [0.15, 0.2) is 0 Å². The molecule has 0 amide bonds. The fourth-order valence-electron chi connectivity index (χ4n) is 2.35. The Morgan fingerprint density at radius 3 is 2.73 bits per heavy atom. The Bertz CT molecular complexity index is 820. The van der Waals surface area contributed by atoms with E-state index in [4.69, 9.17) is 4.74 Å². The number of ether oxygens (including phenoxy) is 1. The molecule has 1 N–H and O–H groups in total. The lowest BCUT2D eigenvalue weighted by Gasteiger charge is -2.11. The zero-order chi connectivity index (χ0) is 15.5. The summed E-state index contributed by atoms with van der Waals surface area (Å²) >= 11 is 0. The summed E-state index contributed by atoms with van der Waals surface area (Å²) in [5.74, 6) is 0.839. The molecule has 0 bridgehead atoms. The molecule has 2 aromatic carbocycles. The van der Waals surface area contributed by atoms with Crippen molar-refractivity contribution in [2.75, 3.05) is 12.4 Å². The maximum absolute atomic E-state index is 14.0. The van der Waals surface area contributed by atoms with E-state index in [0.29, 0.717) is 23.8 Å². The second-order valence-electron chi connectivity index (χ2n) is 4.93. The first-order chi connectivity index (χ1) is 10.7. The number of rotatable bonds is 4. The van der Waals surface area contributed by atoms with Gasteiger partial charge >= 0.3 is 0 Å². The van der Waals surface area contributed by atoms with E-state index >= 15 is 0 Å². The topological polar surface area (TPSA) is 47.0 Å². The van der Waals surface area contributed by atoms with Crippen molar-refractivity contribution in [3.05, 3.63) is 59.8 Å². The molecule has 0 atom stereocenters. The first-order valence-corrected chi connectivity index (χ1v) is 6.97. The van der Waals surface area contributed by atoms with Crippen LogP contribution in [0.1, 0.15) is 11.5 Å². The van der Waals surface area contributed by atoms with Crippen molar-refractivity contribution in [2.24, 2.45) is 0 Å². The minimum atomic E-state index is -0.352. The van der Waals surface area contributed by atoms with Gasteiger partial charge in [-0.15, -0.1) is 0 Å². The van der Waals surface area contributed by atoms with Gasteiger partial charge in [0.05, 0.1) is 30.6 Å². The van der Waals surface area contributed by atoms with Crippen LogP contribution in [-0.2, 0) is 6.54 Å². The van der Waals surface area contributed by atoms with Gasteiger partial charge in [0.2, 0.25) is 0 Å². The first kappa shape index (κ1) is 14.3. The number of methoxy groups -OCH3 is 1. The van der Waals surface area contributed by atoms with Gasteiger partial charge in [-0.3, -0.25) is 0 Å². The van der Waals surface area contributed by atoms with E-state index in [2.05, 4.69) is 15.3 Å². The Labute approximate surface area is 128 Å². The molecule has 4 nitrogen and oxygen atoms in total. The van der Waals surface area contributed by atoms with Crippen molar-refractivity contribution in [3.63, 3.8) is 0 Å². The zero-order valence-corrected chi connectivity index (χ0v) is 12.4. The van der Waals surface area contributed by atoms with Gasteiger partial charge in [0.25, 0.3) is 0 Å². The smallest absolute Gasteiger partial charge is 0.149 e. The number of nitrogens with zero attached hydrogens (tertiary/aromatic N) is 2. The molecular weight excluding hydrogens is 281 g/mol. The lowest BCUT2D eigenvalue weighted by molar-refractivity contribution is 0.411. The molecule has 0 aliphatic carbocycles. The van der Waals surface area contributed by atoms with Gasteiger partial charge in [-0.1, -0.05) is 18.2 Å². The first-order valence-electron chi connectivity index (χ1n) is 6.97. The van der Waals surface area contributed by atoms with Crippen LogP contribution in [0.2, 0.25) is 0 Å². The maximum Gasteiger partial charge on any atom is 0.149 e. The number of aromatic nitrogens is 2. The minimum Gasteiger partial charge on any atom is -0.497 e. The highest BCUT2D eigenvalue weighted by Gasteiger charge is 2.08. The highest BCUT2D eigenvalue weighted by Crippen LogP contribution is 2.22. The average Bonchev–Trinajstić information content (AvgIpc) is 2.53. The quantitative estimate of drug-likeness (QED) is 0.797. The Morgan fingerprint density at radius 2 is 1.95 bits per heavy atom. The summed E-state index contributed by atoms with van der Waals surface area (Å²) in [6, 6.07) is 12.5. The molecule has 0 fully saturated rings. The Balaban J connectivity index is 1.88. The highest BCUT2D eigenvalue weighted by atomic mass is 19.1. The van der Waals surface area contributed by atoms with E-state index in [1.807, 2.05) is 31.2 Å². The molecule has 112 valence electrons. The van der Waals surface area contributed by atoms with Crippen molar-refractivity contribution in [3.8, 4) is 5.75 Å². The van der Waals surface area contributed by atoms with Crippen LogP contribution in [0.25, 0.3) is 10.9 Å². The number of nitrogens with one attached hydrogen (secondary N) is 1.